The van der Waals surface area contributed by atoms with Crippen LogP contribution in [0.15, 0.2) is 0 Å². The summed E-state index contributed by atoms with van der Waals surface area (Å²) in [4.78, 5) is 20.9. The minimum absolute atomic E-state index is 0.0830. The van der Waals surface area contributed by atoms with Crippen LogP contribution in [-0.4, -0.2) is 22.5 Å². The molecule has 0 fully saturated rings. The number of rotatable bonds is 5. The van der Waals surface area contributed by atoms with Gasteiger partial charge in [0.15, 0.2) is 0 Å². The molecule has 0 saturated carbocycles. The molecule has 1 amide bonds. The molecule has 0 atom stereocenters. The third-order valence-corrected chi connectivity index (χ3v) is 1.71. The standard InChI is InChI=1S/C9H17NO3/c1-7(11)10-9(2,3)6-4-5-8(12)13/h4-6H2,1-3H3,(H,10,11)(H,12,13). The molecule has 0 aliphatic heterocycles. The molecule has 0 unspecified atom stereocenters. The van der Waals surface area contributed by atoms with Gasteiger partial charge in [-0.1, -0.05) is 0 Å². The van der Waals surface area contributed by atoms with Gasteiger partial charge in [0, 0.05) is 18.9 Å². The molecule has 13 heavy (non-hydrogen) atoms. The summed E-state index contributed by atoms with van der Waals surface area (Å²) in [6.07, 6.45) is 1.42. The van der Waals surface area contributed by atoms with E-state index in [1.165, 1.54) is 6.92 Å². The summed E-state index contributed by atoms with van der Waals surface area (Å²) < 4.78 is 0. The average Bonchev–Trinajstić information content (AvgIpc) is 1.81. The van der Waals surface area contributed by atoms with Crippen molar-refractivity contribution in [2.75, 3.05) is 0 Å². The lowest BCUT2D eigenvalue weighted by Crippen LogP contribution is -2.42. The van der Waals surface area contributed by atoms with Crippen molar-refractivity contribution in [2.24, 2.45) is 0 Å². The van der Waals surface area contributed by atoms with Crippen molar-refractivity contribution in [3.05, 3.63) is 0 Å². The molecule has 0 rings (SSSR count). The van der Waals surface area contributed by atoms with Crippen molar-refractivity contribution in [2.45, 2.75) is 45.6 Å². The van der Waals surface area contributed by atoms with Gasteiger partial charge in [-0.15, -0.1) is 0 Å². The number of hydrogen-bond acceptors (Lipinski definition) is 2. The Morgan fingerprint density at radius 1 is 1.38 bits per heavy atom. The predicted molar refractivity (Wildman–Crippen MR) is 49.4 cm³/mol. The Kier molecular flexibility index (Phi) is 4.45. The van der Waals surface area contributed by atoms with Gasteiger partial charge < -0.3 is 10.4 Å². The van der Waals surface area contributed by atoms with E-state index in [4.69, 9.17) is 5.11 Å². The third kappa shape index (κ3) is 7.31. The van der Waals surface area contributed by atoms with Crippen LogP contribution in [-0.2, 0) is 9.59 Å². The minimum Gasteiger partial charge on any atom is -0.481 e. The van der Waals surface area contributed by atoms with E-state index in [2.05, 4.69) is 5.32 Å². The molecule has 0 bridgehead atoms. The first-order chi connectivity index (χ1) is 5.83. The Hall–Kier alpha value is -1.06. The van der Waals surface area contributed by atoms with E-state index in [1.807, 2.05) is 13.8 Å². The number of carboxylic acids is 1. The lowest BCUT2D eigenvalue weighted by molar-refractivity contribution is -0.137. The van der Waals surface area contributed by atoms with Gasteiger partial charge in [0.05, 0.1) is 0 Å². The van der Waals surface area contributed by atoms with Gasteiger partial charge in [-0.05, 0) is 26.7 Å². The van der Waals surface area contributed by atoms with Crippen molar-refractivity contribution >= 4 is 11.9 Å². The van der Waals surface area contributed by atoms with Crippen LogP contribution in [0.1, 0.15) is 40.0 Å². The van der Waals surface area contributed by atoms with Crippen LogP contribution in [0.5, 0.6) is 0 Å². The molecule has 76 valence electrons. The summed E-state index contributed by atoms with van der Waals surface area (Å²) >= 11 is 0. The molecule has 4 heteroatoms. The summed E-state index contributed by atoms with van der Waals surface area (Å²) in [6.45, 7) is 5.23. The first-order valence-electron chi connectivity index (χ1n) is 4.34. The number of hydrogen-bond donors (Lipinski definition) is 2. The number of aliphatic carboxylic acids is 1. The van der Waals surface area contributed by atoms with E-state index in [0.717, 1.165) is 0 Å². The topological polar surface area (TPSA) is 66.4 Å². The Balaban J connectivity index is 3.75. The molecule has 0 radical (unpaired) electrons. The van der Waals surface area contributed by atoms with Gasteiger partial charge in [-0.3, -0.25) is 9.59 Å². The van der Waals surface area contributed by atoms with Gasteiger partial charge in [0.2, 0.25) is 5.91 Å². The van der Waals surface area contributed by atoms with Crippen molar-refractivity contribution < 1.29 is 14.7 Å². The number of carbonyl (C=O) groups excluding carboxylic acids is 1. The molecular weight excluding hydrogens is 170 g/mol. The van der Waals surface area contributed by atoms with Crippen LogP contribution in [0.4, 0.5) is 0 Å². The number of carboxylic acid groups (broad SMARTS) is 1. The Bertz CT molecular complexity index is 199. The SMILES string of the molecule is CC(=O)NC(C)(C)CCCC(=O)O. The largest absolute Gasteiger partial charge is 0.481 e. The molecule has 0 aromatic rings. The number of nitrogens with one attached hydrogen (secondary N) is 1. The fourth-order valence-electron chi connectivity index (χ4n) is 1.22. The predicted octanol–water partition coefficient (Wildman–Crippen LogP) is 1.16. The maximum atomic E-state index is 10.7. The highest BCUT2D eigenvalue weighted by Crippen LogP contribution is 2.12. The van der Waals surface area contributed by atoms with E-state index in [9.17, 15) is 9.59 Å². The second-order valence-corrected chi connectivity index (χ2v) is 3.81. The van der Waals surface area contributed by atoms with Crippen molar-refractivity contribution in [3.63, 3.8) is 0 Å². The lowest BCUT2D eigenvalue weighted by atomic mass is 9.97. The van der Waals surface area contributed by atoms with Crippen LogP contribution in [0, 0.1) is 0 Å². The smallest absolute Gasteiger partial charge is 0.303 e. The summed E-state index contributed by atoms with van der Waals surface area (Å²) in [7, 11) is 0. The zero-order valence-electron chi connectivity index (χ0n) is 8.39. The molecule has 0 saturated heterocycles. The molecule has 0 spiro atoms. The summed E-state index contributed by atoms with van der Waals surface area (Å²) in [5.41, 5.74) is -0.304. The van der Waals surface area contributed by atoms with Gasteiger partial charge >= 0.3 is 5.97 Å². The first-order valence-corrected chi connectivity index (χ1v) is 4.34. The lowest BCUT2D eigenvalue weighted by Gasteiger charge is -2.25. The highest BCUT2D eigenvalue weighted by Gasteiger charge is 2.18. The van der Waals surface area contributed by atoms with E-state index in [0.29, 0.717) is 12.8 Å². The van der Waals surface area contributed by atoms with Crippen molar-refractivity contribution in [1.82, 2.24) is 5.32 Å². The fraction of sp³-hybridized carbons (Fsp3) is 0.778. The molecule has 2 N–H and O–H groups in total. The van der Waals surface area contributed by atoms with Crippen LogP contribution < -0.4 is 5.32 Å². The Morgan fingerprint density at radius 2 is 1.92 bits per heavy atom. The molecule has 0 heterocycles. The van der Waals surface area contributed by atoms with Gasteiger partial charge in [-0.2, -0.15) is 0 Å². The minimum atomic E-state index is -0.793. The zero-order valence-corrected chi connectivity index (χ0v) is 8.39. The Morgan fingerprint density at radius 3 is 2.31 bits per heavy atom. The number of amides is 1. The quantitative estimate of drug-likeness (QED) is 0.678. The maximum Gasteiger partial charge on any atom is 0.303 e. The summed E-state index contributed by atoms with van der Waals surface area (Å²) in [6, 6.07) is 0. The maximum absolute atomic E-state index is 10.7. The molecule has 0 aromatic heterocycles. The monoisotopic (exact) mass is 187 g/mol. The van der Waals surface area contributed by atoms with E-state index >= 15 is 0 Å². The van der Waals surface area contributed by atoms with Gasteiger partial charge in [0.25, 0.3) is 0 Å². The highest BCUT2D eigenvalue weighted by atomic mass is 16.4. The van der Waals surface area contributed by atoms with Crippen LogP contribution in [0.3, 0.4) is 0 Å². The van der Waals surface area contributed by atoms with E-state index in [-0.39, 0.29) is 17.9 Å². The normalized spacial score (nSPS) is 11.0. The number of carbonyl (C=O) groups is 2. The second-order valence-electron chi connectivity index (χ2n) is 3.81. The molecule has 0 aliphatic rings. The van der Waals surface area contributed by atoms with Gasteiger partial charge in [-0.25, -0.2) is 0 Å². The van der Waals surface area contributed by atoms with E-state index < -0.39 is 5.97 Å². The summed E-state index contributed by atoms with van der Waals surface area (Å²) in [5.74, 6) is -0.876. The fourth-order valence-corrected chi connectivity index (χ4v) is 1.22. The third-order valence-electron chi connectivity index (χ3n) is 1.71. The average molecular weight is 187 g/mol. The molecule has 4 nitrogen and oxygen atoms in total. The van der Waals surface area contributed by atoms with Crippen molar-refractivity contribution in [1.29, 1.82) is 0 Å². The zero-order chi connectivity index (χ0) is 10.5. The molecule has 0 aromatic carbocycles. The van der Waals surface area contributed by atoms with Crippen LogP contribution >= 0.6 is 0 Å². The Labute approximate surface area is 78.3 Å². The first kappa shape index (κ1) is 11.9. The second kappa shape index (κ2) is 4.84. The van der Waals surface area contributed by atoms with E-state index in [1.54, 1.807) is 0 Å². The van der Waals surface area contributed by atoms with Gasteiger partial charge in [0.1, 0.15) is 0 Å². The highest BCUT2D eigenvalue weighted by molar-refractivity contribution is 5.73. The van der Waals surface area contributed by atoms with Crippen LogP contribution in [0.2, 0.25) is 0 Å². The van der Waals surface area contributed by atoms with Crippen LogP contribution in [0.25, 0.3) is 0 Å². The summed E-state index contributed by atoms with van der Waals surface area (Å²) in [5, 5.41) is 11.2. The van der Waals surface area contributed by atoms with Crippen molar-refractivity contribution in [3.8, 4) is 0 Å². The molecule has 0 aliphatic carbocycles. The molecular formula is C9H17NO3.